The molecule has 0 aliphatic heterocycles. The van der Waals surface area contributed by atoms with Gasteiger partial charge < -0.3 is 10.1 Å². The Morgan fingerprint density at radius 1 is 1.35 bits per heavy atom. The van der Waals surface area contributed by atoms with Crippen LogP contribution < -0.4 is 10.1 Å². The van der Waals surface area contributed by atoms with Gasteiger partial charge in [0.25, 0.3) is 5.91 Å². The molecule has 1 fully saturated rings. The quantitative estimate of drug-likeness (QED) is 0.769. The number of ether oxygens (including phenoxy) is 1. The molecule has 1 aliphatic carbocycles. The molecule has 0 radical (unpaired) electrons. The van der Waals surface area contributed by atoms with Gasteiger partial charge in [-0.2, -0.15) is 0 Å². The zero-order valence-corrected chi connectivity index (χ0v) is 12.4. The summed E-state index contributed by atoms with van der Waals surface area (Å²) >= 11 is 0. The minimum atomic E-state index is -0.00187. The lowest BCUT2D eigenvalue weighted by atomic mass is 10.0. The Morgan fingerprint density at radius 3 is 2.90 bits per heavy atom. The first-order chi connectivity index (χ1) is 9.79. The minimum Gasteiger partial charge on any atom is -0.494 e. The molecule has 1 N–H and O–H groups in total. The summed E-state index contributed by atoms with van der Waals surface area (Å²) in [4.78, 5) is 12.0. The second-order valence-corrected chi connectivity index (χ2v) is 5.51. The van der Waals surface area contributed by atoms with Crippen molar-refractivity contribution in [3.63, 3.8) is 0 Å². The van der Waals surface area contributed by atoms with Crippen molar-refractivity contribution < 1.29 is 9.53 Å². The Hall–Kier alpha value is -1.51. The van der Waals surface area contributed by atoms with Crippen LogP contribution in [0.3, 0.4) is 0 Å². The summed E-state index contributed by atoms with van der Waals surface area (Å²) < 4.78 is 5.41. The molecule has 0 aromatic heterocycles. The maximum Gasteiger partial charge on any atom is 0.251 e. The predicted molar refractivity (Wildman–Crippen MR) is 81.1 cm³/mol. The number of amides is 1. The molecule has 20 heavy (non-hydrogen) atoms. The molecule has 2 rings (SSSR count). The lowest BCUT2D eigenvalue weighted by Crippen LogP contribution is -2.24. The van der Waals surface area contributed by atoms with Crippen LogP contribution >= 0.6 is 0 Å². The number of benzene rings is 1. The highest BCUT2D eigenvalue weighted by molar-refractivity contribution is 5.94. The smallest absolute Gasteiger partial charge is 0.251 e. The van der Waals surface area contributed by atoms with Gasteiger partial charge in [0.05, 0.1) is 6.61 Å². The largest absolute Gasteiger partial charge is 0.494 e. The molecule has 0 unspecified atom stereocenters. The van der Waals surface area contributed by atoms with Crippen LogP contribution in [-0.4, -0.2) is 19.1 Å². The highest BCUT2D eigenvalue weighted by atomic mass is 16.5. The zero-order valence-electron chi connectivity index (χ0n) is 12.4. The van der Waals surface area contributed by atoms with E-state index in [-0.39, 0.29) is 5.91 Å². The molecule has 0 atom stereocenters. The number of nitrogens with one attached hydrogen (secondary N) is 1. The first-order valence-corrected chi connectivity index (χ1v) is 7.80. The van der Waals surface area contributed by atoms with Crippen molar-refractivity contribution in [3.8, 4) is 5.75 Å². The van der Waals surface area contributed by atoms with E-state index in [4.69, 9.17) is 4.74 Å². The van der Waals surface area contributed by atoms with Gasteiger partial charge in [-0.05, 0) is 43.9 Å². The SMILES string of the molecule is CCOc1cccc(C(=O)NCCCC2CCCC2)c1. The van der Waals surface area contributed by atoms with Crippen LogP contribution in [0.25, 0.3) is 0 Å². The highest BCUT2D eigenvalue weighted by Crippen LogP contribution is 2.28. The number of hydrogen-bond acceptors (Lipinski definition) is 2. The second-order valence-electron chi connectivity index (χ2n) is 5.51. The first-order valence-electron chi connectivity index (χ1n) is 7.80. The summed E-state index contributed by atoms with van der Waals surface area (Å²) in [6.07, 6.45) is 7.87. The van der Waals surface area contributed by atoms with Crippen molar-refractivity contribution in [3.05, 3.63) is 29.8 Å². The summed E-state index contributed by atoms with van der Waals surface area (Å²) in [7, 11) is 0. The third kappa shape index (κ3) is 4.55. The van der Waals surface area contributed by atoms with Gasteiger partial charge in [0.2, 0.25) is 0 Å². The molecule has 3 nitrogen and oxygen atoms in total. The van der Waals surface area contributed by atoms with Crippen molar-refractivity contribution in [2.75, 3.05) is 13.2 Å². The summed E-state index contributed by atoms with van der Waals surface area (Å²) in [5.41, 5.74) is 0.678. The monoisotopic (exact) mass is 275 g/mol. The second kappa shape index (κ2) is 7.93. The van der Waals surface area contributed by atoms with E-state index >= 15 is 0 Å². The van der Waals surface area contributed by atoms with E-state index in [1.54, 1.807) is 6.07 Å². The van der Waals surface area contributed by atoms with Crippen LogP contribution in [0.1, 0.15) is 55.8 Å². The third-order valence-electron chi connectivity index (χ3n) is 3.96. The van der Waals surface area contributed by atoms with E-state index in [1.807, 2.05) is 25.1 Å². The topological polar surface area (TPSA) is 38.3 Å². The number of hydrogen-bond donors (Lipinski definition) is 1. The van der Waals surface area contributed by atoms with Gasteiger partial charge in [-0.1, -0.05) is 31.7 Å². The van der Waals surface area contributed by atoms with E-state index < -0.39 is 0 Å². The fourth-order valence-corrected chi connectivity index (χ4v) is 2.89. The molecule has 1 aromatic carbocycles. The van der Waals surface area contributed by atoms with Crippen LogP contribution in [0.4, 0.5) is 0 Å². The van der Waals surface area contributed by atoms with Crippen LogP contribution in [0, 0.1) is 5.92 Å². The average molecular weight is 275 g/mol. The Morgan fingerprint density at radius 2 is 2.15 bits per heavy atom. The van der Waals surface area contributed by atoms with E-state index in [0.717, 1.165) is 24.6 Å². The summed E-state index contributed by atoms with van der Waals surface area (Å²) in [5, 5.41) is 3.00. The summed E-state index contributed by atoms with van der Waals surface area (Å²) in [6.45, 7) is 3.33. The highest BCUT2D eigenvalue weighted by Gasteiger charge is 2.14. The van der Waals surface area contributed by atoms with E-state index in [0.29, 0.717) is 12.2 Å². The Bertz CT molecular complexity index is 425. The van der Waals surface area contributed by atoms with Gasteiger partial charge in [0.1, 0.15) is 5.75 Å². The normalized spacial score (nSPS) is 15.2. The molecular weight excluding hydrogens is 250 g/mol. The Kier molecular flexibility index (Phi) is 5.90. The minimum absolute atomic E-state index is 0.00187. The molecule has 1 aliphatic rings. The van der Waals surface area contributed by atoms with Crippen LogP contribution in [0.15, 0.2) is 24.3 Å². The van der Waals surface area contributed by atoms with Gasteiger partial charge in [-0.15, -0.1) is 0 Å². The van der Waals surface area contributed by atoms with Gasteiger partial charge in [0.15, 0.2) is 0 Å². The van der Waals surface area contributed by atoms with Crippen molar-refractivity contribution in [1.29, 1.82) is 0 Å². The molecule has 0 bridgehead atoms. The molecule has 0 spiro atoms. The van der Waals surface area contributed by atoms with Crippen LogP contribution in [0.5, 0.6) is 5.75 Å². The molecule has 110 valence electrons. The predicted octanol–water partition coefficient (Wildman–Crippen LogP) is 3.79. The zero-order chi connectivity index (χ0) is 14.2. The average Bonchev–Trinajstić information content (AvgIpc) is 2.97. The van der Waals surface area contributed by atoms with Crippen molar-refractivity contribution >= 4 is 5.91 Å². The lowest BCUT2D eigenvalue weighted by Gasteiger charge is -2.10. The lowest BCUT2D eigenvalue weighted by molar-refractivity contribution is 0.0952. The van der Waals surface area contributed by atoms with Gasteiger partial charge in [-0.25, -0.2) is 0 Å². The van der Waals surface area contributed by atoms with E-state index in [1.165, 1.54) is 32.1 Å². The molecule has 1 amide bonds. The first kappa shape index (κ1) is 14.9. The fraction of sp³-hybridized carbons (Fsp3) is 0.588. The Labute approximate surface area is 121 Å². The van der Waals surface area contributed by atoms with E-state index in [2.05, 4.69) is 5.32 Å². The third-order valence-corrected chi connectivity index (χ3v) is 3.96. The summed E-state index contributed by atoms with van der Waals surface area (Å²) in [5.74, 6) is 1.65. The maximum absolute atomic E-state index is 12.0. The van der Waals surface area contributed by atoms with Crippen molar-refractivity contribution in [2.24, 2.45) is 5.92 Å². The standard InChI is InChI=1S/C17H25NO2/c1-2-20-16-11-5-10-15(13-16)17(19)18-12-6-9-14-7-3-4-8-14/h5,10-11,13-14H,2-4,6-9,12H2,1H3,(H,18,19). The molecule has 3 heteroatoms. The molecule has 1 aromatic rings. The molecule has 0 saturated heterocycles. The number of carbonyl (C=O) groups excluding carboxylic acids is 1. The van der Waals surface area contributed by atoms with Crippen LogP contribution in [-0.2, 0) is 0 Å². The molecular formula is C17H25NO2. The number of rotatable bonds is 7. The van der Waals surface area contributed by atoms with E-state index in [9.17, 15) is 4.79 Å². The summed E-state index contributed by atoms with van der Waals surface area (Å²) in [6, 6.07) is 7.36. The van der Waals surface area contributed by atoms with Crippen molar-refractivity contribution in [2.45, 2.75) is 45.4 Å². The fourth-order valence-electron chi connectivity index (χ4n) is 2.89. The van der Waals surface area contributed by atoms with Gasteiger partial charge >= 0.3 is 0 Å². The van der Waals surface area contributed by atoms with Gasteiger partial charge in [-0.3, -0.25) is 4.79 Å². The molecule has 0 heterocycles. The number of carbonyl (C=O) groups is 1. The maximum atomic E-state index is 12.0. The van der Waals surface area contributed by atoms with Crippen LogP contribution in [0.2, 0.25) is 0 Å². The Balaban J connectivity index is 1.72. The molecule has 1 saturated carbocycles. The van der Waals surface area contributed by atoms with Crippen molar-refractivity contribution in [1.82, 2.24) is 5.32 Å². The van der Waals surface area contributed by atoms with Gasteiger partial charge in [0, 0.05) is 12.1 Å².